The Bertz CT molecular complexity index is 1590. The molecule has 3 aliphatic rings. The molecule has 2 N–H and O–H groups in total. The van der Waals surface area contributed by atoms with E-state index in [0.717, 1.165) is 36.1 Å². The number of imide groups is 1. The van der Waals surface area contributed by atoms with Gasteiger partial charge >= 0.3 is 0 Å². The van der Waals surface area contributed by atoms with Crippen LogP contribution in [-0.4, -0.2) is 70.1 Å². The molecule has 2 saturated heterocycles. The highest BCUT2D eigenvalue weighted by molar-refractivity contribution is 7.17. The number of amides is 2. The highest BCUT2D eigenvalue weighted by Crippen LogP contribution is 2.39. The first-order valence-electron chi connectivity index (χ1n) is 12.6. The Labute approximate surface area is 216 Å². The second-order valence-electron chi connectivity index (χ2n) is 9.85. The minimum atomic E-state index is -1.01. The van der Waals surface area contributed by atoms with E-state index in [0.29, 0.717) is 46.6 Å². The number of nitrogens with one attached hydrogen (secondary N) is 2. The van der Waals surface area contributed by atoms with Gasteiger partial charge in [-0.3, -0.25) is 19.8 Å². The molecule has 0 saturated carbocycles. The van der Waals surface area contributed by atoms with E-state index in [1.165, 1.54) is 11.3 Å². The van der Waals surface area contributed by atoms with Gasteiger partial charge in [0, 0.05) is 29.7 Å². The summed E-state index contributed by atoms with van der Waals surface area (Å²) in [6.07, 6.45) is 3.70. The summed E-state index contributed by atoms with van der Waals surface area (Å²) in [6.45, 7) is 2.74. The number of aromatic nitrogens is 3. The van der Waals surface area contributed by atoms with E-state index in [1.807, 2.05) is 40.6 Å². The molecule has 2 amide bonds. The first kappa shape index (κ1) is 22.6. The number of H-pyrrole nitrogens is 1. The molecule has 0 spiro atoms. The van der Waals surface area contributed by atoms with Gasteiger partial charge in [0.25, 0.3) is 11.8 Å². The monoisotopic (exact) mass is 516 g/mol. The molecule has 37 heavy (non-hydrogen) atoms. The van der Waals surface area contributed by atoms with Gasteiger partial charge in [0.15, 0.2) is 0 Å². The Morgan fingerprint density at radius 1 is 1.00 bits per heavy atom. The zero-order chi connectivity index (χ0) is 25.1. The summed E-state index contributed by atoms with van der Waals surface area (Å²) in [4.78, 5) is 43.2. The van der Waals surface area contributed by atoms with Crippen molar-refractivity contribution < 1.29 is 14.0 Å². The molecule has 2 fully saturated rings. The Balaban J connectivity index is 1.35. The second-order valence-corrected chi connectivity index (χ2v) is 10.8. The molecule has 1 aromatic carbocycles. The third kappa shape index (κ3) is 3.66. The number of halogens is 1. The van der Waals surface area contributed by atoms with Crippen LogP contribution in [0.1, 0.15) is 30.5 Å². The van der Waals surface area contributed by atoms with Gasteiger partial charge in [-0.1, -0.05) is 18.2 Å². The number of para-hydroxylation sites is 1. The maximum absolute atomic E-state index is 15.4. The molecule has 2 unspecified atom stereocenters. The summed E-state index contributed by atoms with van der Waals surface area (Å²) in [5.74, 6) is -0.559. The number of anilines is 1. The number of thiophene rings is 1. The summed E-state index contributed by atoms with van der Waals surface area (Å²) >= 11 is 1.50. The number of alkyl halides is 1. The zero-order valence-electron chi connectivity index (χ0n) is 20.0. The number of carbonyl (C=O) groups excluding carboxylic acids is 2. The van der Waals surface area contributed by atoms with E-state index in [1.54, 1.807) is 6.20 Å². The summed E-state index contributed by atoms with van der Waals surface area (Å²) < 4.78 is 16.3. The van der Waals surface area contributed by atoms with Crippen molar-refractivity contribution in [2.75, 3.05) is 31.1 Å². The molecule has 10 heteroatoms. The van der Waals surface area contributed by atoms with Crippen molar-refractivity contribution >= 4 is 61.4 Å². The smallest absolute Gasteiger partial charge is 0.261 e. The molecule has 3 aromatic heterocycles. The average molecular weight is 517 g/mol. The van der Waals surface area contributed by atoms with Crippen molar-refractivity contribution in [2.24, 2.45) is 0 Å². The highest BCUT2D eigenvalue weighted by Gasteiger charge is 2.38. The van der Waals surface area contributed by atoms with Gasteiger partial charge in [0.05, 0.1) is 39.1 Å². The Hall–Kier alpha value is -3.63. The van der Waals surface area contributed by atoms with E-state index < -0.39 is 18.0 Å². The van der Waals surface area contributed by atoms with Gasteiger partial charge in [0.1, 0.15) is 6.17 Å². The molecule has 0 bridgehead atoms. The number of rotatable bonds is 4. The van der Waals surface area contributed by atoms with Crippen LogP contribution in [0.5, 0.6) is 0 Å². The average Bonchev–Trinajstić information content (AvgIpc) is 3.69. The van der Waals surface area contributed by atoms with Crippen molar-refractivity contribution in [3.05, 3.63) is 53.2 Å². The fourth-order valence-electron chi connectivity index (χ4n) is 5.93. The lowest BCUT2D eigenvalue weighted by Crippen LogP contribution is -2.52. The molecular weight excluding hydrogens is 491 g/mol. The van der Waals surface area contributed by atoms with Crippen LogP contribution in [0.15, 0.2) is 41.9 Å². The van der Waals surface area contributed by atoms with Gasteiger partial charge in [0.2, 0.25) is 5.95 Å². The van der Waals surface area contributed by atoms with Crippen LogP contribution in [0.3, 0.4) is 0 Å². The molecule has 7 rings (SSSR count). The number of carbonyl (C=O) groups is 2. The molecule has 3 aliphatic heterocycles. The summed E-state index contributed by atoms with van der Waals surface area (Å²) in [5, 5.41) is 5.08. The first-order valence-corrected chi connectivity index (χ1v) is 13.5. The minimum Gasteiger partial charge on any atom is -0.360 e. The van der Waals surface area contributed by atoms with Gasteiger partial charge < -0.3 is 9.88 Å². The third-order valence-electron chi connectivity index (χ3n) is 7.71. The zero-order valence-corrected chi connectivity index (χ0v) is 20.9. The largest absolute Gasteiger partial charge is 0.360 e. The predicted octanol–water partition coefficient (Wildman–Crippen LogP) is 3.75. The standard InChI is InChI=1S/C27H25FN6O2S/c28-17-14-34(11-7-20(17)33-9-3-4-10-33)27-30-18-6-2-1-5-15(18)23(31-27)22-21(25(35)32-26(22)36)16-13-29-19-8-12-37-24(16)19/h1-2,5-6,8,12-13,17,20,29H,3-4,7,9-11,14H2,(H,32,35,36). The van der Waals surface area contributed by atoms with Crippen LogP contribution < -0.4 is 10.2 Å². The lowest BCUT2D eigenvalue weighted by Gasteiger charge is -2.39. The molecule has 6 heterocycles. The number of nitrogens with zero attached hydrogens (tertiary/aromatic N) is 4. The van der Waals surface area contributed by atoms with Crippen LogP contribution >= 0.6 is 11.3 Å². The van der Waals surface area contributed by atoms with E-state index in [-0.39, 0.29) is 18.2 Å². The Kier molecular flexibility index (Phi) is 5.33. The fourth-order valence-corrected chi connectivity index (χ4v) is 6.81. The van der Waals surface area contributed by atoms with Crippen molar-refractivity contribution in [2.45, 2.75) is 31.5 Å². The minimum absolute atomic E-state index is 0.0759. The number of likely N-dealkylation sites (tertiary alicyclic amines) is 1. The lowest BCUT2D eigenvalue weighted by molar-refractivity contribution is -0.122. The van der Waals surface area contributed by atoms with Gasteiger partial charge in [-0.2, -0.15) is 0 Å². The number of piperidine rings is 1. The number of hydrogen-bond donors (Lipinski definition) is 2. The van der Waals surface area contributed by atoms with E-state index >= 15 is 4.39 Å². The predicted molar refractivity (Wildman–Crippen MR) is 142 cm³/mol. The van der Waals surface area contributed by atoms with Gasteiger partial charge in [-0.15, -0.1) is 11.3 Å². The van der Waals surface area contributed by atoms with Crippen molar-refractivity contribution in [3.63, 3.8) is 0 Å². The molecule has 0 aliphatic carbocycles. The quantitative estimate of drug-likeness (QED) is 0.401. The van der Waals surface area contributed by atoms with Crippen LogP contribution in [-0.2, 0) is 9.59 Å². The number of aromatic amines is 1. The van der Waals surface area contributed by atoms with E-state index in [4.69, 9.17) is 9.97 Å². The summed E-state index contributed by atoms with van der Waals surface area (Å²) in [7, 11) is 0. The highest BCUT2D eigenvalue weighted by atomic mass is 32.1. The molecule has 2 atom stereocenters. The van der Waals surface area contributed by atoms with E-state index in [9.17, 15) is 9.59 Å². The lowest BCUT2D eigenvalue weighted by atomic mass is 9.98. The SMILES string of the molecule is O=C1NC(=O)C(c2c[nH]c3ccsc23)=C1c1nc(N2CCC(N3CCCC3)C(F)C2)nc2ccccc12. The second kappa shape index (κ2) is 8.74. The molecule has 4 aromatic rings. The van der Waals surface area contributed by atoms with Crippen LogP contribution in [0, 0.1) is 0 Å². The number of benzene rings is 1. The number of hydrogen-bond acceptors (Lipinski definition) is 7. The van der Waals surface area contributed by atoms with Gasteiger partial charge in [-0.25, -0.2) is 14.4 Å². The van der Waals surface area contributed by atoms with Gasteiger partial charge in [-0.05, 0) is 49.9 Å². The summed E-state index contributed by atoms with van der Waals surface area (Å²) in [6, 6.07) is 9.30. The van der Waals surface area contributed by atoms with Crippen molar-refractivity contribution in [3.8, 4) is 0 Å². The van der Waals surface area contributed by atoms with Crippen LogP contribution in [0.2, 0.25) is 0 Å². The third-order valence-corrected chi connectivity index (χ3v) is 8.66. The molecule has 0 radical (unpaired) electrons. The fraction of sp³-hybridized carbons (Fsp3) is 0.333. The Morgan fingerprint density at radius 3 is 2.65 bits per heavy atom. The topological polar surface area (TPSA) is 94.2 Å². The maximum atomic E-state index is 15.4. The van der Waals surface area contributed by atoms with Crippen LogP contribution in [0.25, 0.3) is 32.3 Å². The van der Waals surface area contributed by atoms with Crippen LogP contribution in [0.4, 0.5) is 10.3 Å². The normalized spacial score (nSPS) is 23.1. The van der Waals surface area contributed by atoms with Crippen molar-refractivity contribution in [1.82, 2.24) is 25.2 Å². The van der Waals surface area contributed by atoms with E-state index in [2.05, 4.69) is 15.2 Å². The number of fused-ring (bicyclic) bond motifs is 2. The molecular formula is C27H25FN6O2S. The first-order chi connectivity index (χ1) is 18.1. The summed E-state index contributed by atoms with van der Waals surface area (Å²) in [5.41, 5.74) is 3.13. The maximum Gasteiger partial charge on any atom is 0.261 e. The Morgan fingerprint density at radius 2 is 1.81 bits per heavy atom. The molecule has 8 nitrogen and oxygen atoms in total. The molecule has 188 valence electrons. The van der Waals surface area contributed by atoms with Crippen molar-refractivity contribution in [1.29, 1.82) is 0 Å².